The molecule has 0 aliphatic carbocycles. The molecule has 0 unspecified atom stereocenters. The number of amides is 1. The second-order valence-corrected chi connectivity index (χ2v) is 6.02. The summed E-state index contributed by atoms with van der Waals surface area (Å²) in [5.41, 5.74) is 7.89. The van der Waals surface area contributed by atoms with E-state index >= 15 is 0 Å². The molecule has 106 valence electrons. The molecule has 1 aromatic heterocycles. The highest BCUT2D eigenvalue weighted by Gasteiger charge is 2.19. The Morgan fingerprint density at radius 2 is 2.10 bits per heavy atom. The van der Waals surface area contributed by atoms with Crippen molar-refractivity contribution in [2.45, 2.75) is 13.3 Å². The summed E-state index contributed by atoms with van der Waals surface area (Å²) < 4.78 is 0. The summed E-state index contributed by atoms with van der Waals surface area (Å²) in [4.78, 5) is 12.2. The molecular formula is C14H14Cl2N2OS. The van der Waals surface area contributed by atoms with Gasteiger partial charge in [0, 0.05) is 33.1 Å². The van der Waals surface area contributed by atoms with Gasteiger partial charge >= 0.3 is 0 Å². The number of rotatable bonds is 4. The van der Waals surface area contributed by atoms with Crippen molar-refractivity contribution < 1.29 is 4.79 Å². The maximum atomic E-state index is 12.2. The van der Waals surface area contributed by atoms with Crippen LogP contribution in [0, 0.1) is 0 Å². The quantitative estimate of drug-likeness (QED) is 0.871. The summed E-state index contributed by atoms with van der Waals surface area (Å²) in [5.74, 6) is -0.174. The number of carbonyl (C=O) groups excluding carboxylic acids is 1. The van der Waals surface area contributed by atoms with Gasteiger partial charge in [-0.15, -0.1) is 11.3 Å². The highest BCUT2D eigenvalue weighted by atomic mass is 35.5. The SMILES string of the molecule is CCCNC(=O)c1c(-c2ccc(Cl)cc2Cl)csc1N. The number of benzene rings is 1. The van der Waals surface area contributed by atoms with E-state index in [-0.39, 0.29) is 5.91 Å². The van der Waals surface area contributed by atoms with Crippen LogP contribution >= 0.6 is 34.5 Å². The van der Waals surface area contributed by atoms with Gasteiger partial charge < -0.3 is 11.1 Å². The van der Waals surface area contributed by atoms with Crippen LogP contribution in [0.5, 0.6) is 0 Å². The summed E-state index contributed by atoms with van der Waals surface area (Å²) in [5, 5.41) is 6.21. The van der Waals surface area contributed by atoms with E-state index in [0.29, 0.717) is 27.2 Å². The van der Waals surface area contributed by atoms with Crippen molar-refractivity contribution in [3.63, 3.8) is 0 Å². The van der Waals surface area contributed by atoms with Crippen LogP contribution in [-0.4, -0.2) is 12.5 Å². The minimum atomic E-state index is -0.174. The standard InChI is InChI=1S/C14H14Cl2N2OS/c1-2-5-18-14(19)12-10(7-20-13(12)17)9-4-3-8(15)6-11(9)16/h3-4,6-7H,2,5,17H2,1H3,(H,18,19). The molecule has 0 fully saturated rings. The summed E-state index contributed by atoms with van der Waals surface area (Å²) in [6.07, 6.45) is 0.868. The van der Waals surface area contributed by atoms with Gasteiger partial charge in [0.25, 0.3) is 5.91 Å². The second-order valence-electron chi connectivity index (χ2n) is 4.27. The fourth-order valence-corrected chi connectivity index (χ4v) is 3.16. The van der Waals surface area contributed by atoms with Crippen LogP contribution in [-0.2, 0) is 0 Å². The van der Waals surface area contributed by atoms with Gasteiger partial charge in [-0.2, -0.15) is 0 Å². The van der Waals surface area contributed by atoms with Crippen molar-refractivity contribution in [3.05, 3.63) is 39.2 Å². The van der Waals surface area contributed by atoms with E-state index in [1.165, 1.54) is 11.3 Å². The van der Waals surface area contributed by atoms with Crippen LogP contribution in [0.3, 0.4) is 0 Å². The molecule has 2 aromatic rings. The topological polar surface area (TPSA) is 55.1 Å². The Bertz CT molecular complexity index is 640. The molecule has 0 atom stereocenters. The second kappa shape index (κ2) is 6.48. The molecule has 0 saturated carbocycles. The van der Waals surface area contributed by atoms with Crippen molar-refractivity contribution in [2.24, 2.45) is 0 Å². The van der Waals surface area contributed by atoms with Crippen molar-refractivity contribution in [1.82, 2.24) is 5.32 Å². The number of anilines is 1. The van der Waals surface area contributed by atoms with Crippen LogP contribution in [0.4, 0.5) is 5.00 Å². The molecule has 1 amide bonds. The third-order valence-electron chi connectivity index (χ3n) is 2.80. The number of thiophene rings is 1. The van der Waals surface area contributed by atoms with Gasteiger partial charge in [0.2, 0.25) is 0 Å². The van der Waals surface area contributed by atoms with E-state index < -0.39 is 0 Å². The first-order valence-electron chi connectivity index (χ1n) is 6.15. The van der Waals surface area contributed by atoms with Crippen molar-refractivity contribution in [3.8, 4) is 11.1 Å². The molecular weight excluding hydrogens is 315 g/mol. The first-order chi connectivity index (χ1) is 9.54. The third-order valence-corrected chi connectivity index (χ3v) is 4.16. The van der Waals surface area contributed by atoms with Crippen molar-refractivity contribution >= 4 is 45.4 Å². The lowest BCUT2D eigenvalue weighted by atomic mass is 10.0. The first-order valence-corrected chi connectivity index (χ1v) is 7.78. The van der Waals surface area contributed by atoms with Crippen molar-refractivity contribution in [1.29, 1.82) is 0 Å². The molecule has 3 nitrogen and oxygen atoms in total. The Labute approximate surface area is 131 Å². The van der Waals surface area contributed by atoms with Gasteiger partial charge in [-0.3, -0.25) is 4.79 Å². The van der Waals surface area contributed by atoms with Gasteiger partial charge in [0.15, 0.2) is 0 Å². The van der Waals surface area contributed by atoms with E-state index in [1.54, 1.807) is 18.2 Å². The van der Waals surface area contributed by atoms with E-state index in [4.69, 9.17) is 28.9 Å². The third kappa shape index (κ3) is 3.08. The summed E-state index contributed by atoms with van der Waals surface area (Å²) in [6.45, 7) is 2.61. The minimum Gasteiger partial charge on any atom is -0.390 e. The number of halogens is 2. The average molecular weight is 329 g/mol. The maximum absolute atomic E-state index is 12.2. The molecule has 0 aliphatic heterocycles. The lowest BCUT2D eigenvalue weighted by Gasteiger charge is -2.08. The molecule has 20 heavy (non-hydrogen) atoms. The first kappa shape index (κ1) is 15.2. The van der Waals surface area contributed by atoms with Gasteiger partial charge in [-0.25, -0.2) is 0 Å². The molecule has 0 saturated heterocycles. The highest BCUT2D eigenvalue weighted by molar-refractivity contribution is 7.15. The fraction of sp³-hybridized carbons (Fsp3) is 0.214. The largest absolute Gasteiger partial charge is 0.390 e. The Kier molecular flexibility index (Phi) is 4.91. The van der Waals surface area contributed by atoms with Crippen LogP contribution in [0.1, 0.15) is 23.7 Å². The number of carbonyl (C=O) groups is 1. The van der Waals surface area contributed by atoms with Crippen LogP contribution in [0.2, 0.25) is 10.0 Å². The van der Waals surface area contributed by atoms with Gasteiger partial charge in [-0.05, 0) is 18.6 Å². The van der Waals surface area contributed by atoms with Gasteiger partial charge in [0.1, 0.15) is 0 Å². The number of nitrogen functional groups attached to an aromatic ring is 1. The molecule has 0 radical (unpaired) electrons. The van der Waals surface area contributed by atoms with E-state index in [1.807, 2.05) is 12.3 Å². The predicted octanol–water partition coefficient (Wildman–Crippen LogP) is 4.44. The Balaban J connectivity index is 2.45. The summed E-state index contributed by atoms with van der Waals surface area (Å²) >= 11 is 13.4. The molecule has 3 N–H and O–H groups in total. The number of nitrogens with one attached hydrogen (secondary N) is 1. The van der Waals surface area contributed by atoms with Gasteiger partial charge in [0.05, 0.1) is 10.6 Å². The summed E-state index contributed by atoms with van der Waals surface area (Å²) in [6, 6.07) is 5.19. The molecule has 0 spiro atoms. The highest BCUT2D eigenvalue weighted by Crippen LogP contribution is 2.38. The summed E-state index contributed by atoms with van der Waals surface area (Å²) in [7, 11) is 0. The monoisotopic (exact) mass is 328 g/mol. The molecule has 0 aliphatic rings. The van der Waals surface area contributed by atoms with E-state index in [0.717, 1.165) is 17.5 Å². The Morgan fingerprint density at radius 3 is 2.75 bits per heavy atom. The van der Waals surface area contributed by atoms with Crippen LogP contribution < -0.4 is 11.1 Å². The van der Waals surface area contributed by atoms with E-state index in [9.17, 15) is 4.79 Å². The number of nitrogens with two attached hydrogens (primary N) is 1. The molecule has 0 bridgehead atoms. The van der Waals surface area contributed by atoms with Crippen molar-refractivity contribution in [2.75, 3.05) is 12.3 Å². The molecule has 1 heterocycles. The lowest BCUT2D eigenvalue weighted by Crippen LogP contribution is -2.24. The Morgan fingerprint density at radius 1 is 1.35 bits per heavy atom. The van der Waals surface area contributed by atoms with Crippen LogP contribution in [0.25, 0.3) is 11.1 Å². The number of hydrogen-bond acceptors (Lipinski definition) is 3. The zero-order chi connectivity index (χ0) is 14.7. The normalized spacial score (nSPS) is 10.6. The zero-order valence-electron chi connectivity index (χ0n) is 10.9. The maximum Gasteiger partial charge on any atom is 0.254 e. The van der Waals surface area contributed by atoms with E-state index in [2.05, 4.69) is 5.32 Å². The number of hydrogen-bond donors (Lipinski definition) is 2. The molecule has 2 rings (SSSR count). The predicted molar refractivity (Wildman–Crippen MR) is 86.8 cm³/mol. The fourth-order valence-electron chi connectivity index (χ4n) is 1.84. The van der Waals surface area contributed by atoms with Crippen LogP contribution in [0.15, 0.2) is 23.6 Å². The molecule has 1 aromatic carbocycles. The Hall–Kier alpha value is -1.23. The smallest absolute Gasteiger partial charge is 0.254 e. The minimum absolute atomic E-state index is 0.174. The molecule has 6 heteroatoms. The zero-order valence-corrected chi connectivity index (χ0v) is 13.2. The van der Waals surface area contributed by atoms with Gasteiger partial charge in [-0.1, -0.05) is 36.2 Å². The average Bonchev–Trinajstić information content (AvgIpc) is 2.78. The lowest BCUT2D eigenvalue weighted by molar-refractivity contribution is 0.0955.